The molecule has 0 spiro atoms. The van der Waals surface area contributed by atoms with E-state index in [-0.39, 0.29) is 10.5 Å². The first-order valence-corrected chi connectivity index (χ1v) is 11.3. The van der Waals surface area contributed by atoms with Gasteiger partial charge in [-0.15, -0.1) is 0 Å². The zero-order valence-electron chi connectivity index (χ0n) is 16.9. The van der Waals surface area contributed by atoms with Crippen molar-refractivity contribution in [2.45, 2.75) is 30.6 Å². The summed E-state index contributed by atoms with van der Waals surface area (Å²) in [5, 5.41) is 0. The first-order valence-electron chi connectivity index (χ1n) is 9.87. The molecular formula is C22H25NO6S. The number of Topliss-reactive ketones (excluding diaryl/α,β-unsaturated/α-hetero) is 1. The third kappa shape index (κ3) is 5.06. The highest BCUT2D eigenvalue weighted by Gasteiger charge is 2.26. The van der Waals surface area contributed by atoms with Gasteiger partial charge in [-0.2, -0.15) is 4.31 Å². The normalized spacial score (nSPS) is 15.2. The number of para-hydroxylation sites is 1. The van der Waals surface area contributed by atoms with E-state index in [4.69, 9.17) is 9.47 Å². The molecule has 0 radical (unpaired) electrons. The monoisotopic (exact) mass is 431 g/mol. The summed E-state index contributed by atoms with van der Waals surface area (Å²) in [6.45, 7) is 0.483. The number of esters is 1. The Kier molecular flexibility index (Phi) is 7.23. The van der Waals surface area contributed by atoms with Gasteiger partial charge in [0, 0.05) is 13.1 Å². The van der Waals surface area contributed by atoms with Gasteiger partial charge in [-0.05, 0) is 43.2 Å². The Morgan fingerprint density at radius 3 is 2.37 bits per heavy atom. The molecule has 1 aliphatic heterocycles. The summed E-state index contributed by atoms with van der Waals surface area (Å²) in [5.74, 6) is -0.774. The van der Waals surface area contributed by atoms with Crippen LogP contribution in [-0.4, -0.2) is 51.3 Å². The lowest BCUT2D eigenvalue weighted by molar-refractivity contribution is 0.0473. The minimum atomic E-state index is -3.68. The van der Waals surface area contributed by atoms with Crippen LogP contribution in [0.25, 0.3) is 0 Å². The summed E-state index contributed by atoms with van der Waals surface area (Å²) in [6.07, 6.45) is 3.68. The van der Waals surface area contributed by atoms with E-state index in [1.54, 1.807) is 24.3 Å². The molecule has 7 nitrogen and oxygen atoms in total. The van der Waals surface area contributed by atoms with Crippen molar-refractivity contribution in [3.8, 4) is 5.75 Å². The molecule has 3 rings (SSSR count). The standard InChI is InChI=1S/C22H25NO6S/c1-28-21-12-5-4-11-19(21)20(24)16-29-22(25)17-9-8-10-18(15-17)30(26,27)23-13-6-2-3-7-14-23/h4-5,8-12,15H,2-3,6-7,13-14,16H2,1H3. The molecule has 1 aliphatic rings. The SMILES string of the molecule is COc1ccccc1C(=O)COC(=O)c1cccc(S(=O)(=O)N2CCCCCC2)c1. The number of benzene rings is 2. The summed E-state index contributed by atoms with van der Waals surface area (Å²) >= 11 is 0. The zero-order valence-corrected chi connectivity index (χ0v) is 17.7. The molecule has 0 bridgehead atoms. The van der Waals surface area contributed by atoms with Crippen molar-refractivity contribution in [3.63, 3.8) is 0 Å². The number of rotatable bonds is 7. The number of carbonyl (C=O) groups is 2. The molecular weight excluding hydrogens is 406 g/mol. The average Bonchev–Trinajstić information content (AvgIpc) is 3.07. The first-order chi connectivity index (χ1) is 14.4. The van der Waals surface area contributed by atoms with Crippen LogP contribution in [0.2, 0.25) is 0 Å². The van der Waals surface area contributed by atoms with Crippen molar-refractivity contribution in [2.24, 2.45) is 0 Å². The smallest absolute Gasteiger partial charge is 0.338 e. The number of sulfonamides is 1. The van der Waals surface area contributed by atoms with Gasteiger partial charge in [0.2, 0.25) is 15.8 Å². The lowest BCUT2D eigenvalue weighted by Crippen LogP contribution is -2.32. The molecule has 160 valence electrons. The predicted molar refractivity (Wildman–Crippen MR) is 111 cm³/mol. The molecule has 0 atom stereocenters. The number of nitrogens with zero attached hydrogens (tertiary/aromatic N) is 1. The molecule has 0 aliphatic carbocycles. The van der Waals surface area contributed by atoms with E-state index in [0.29, 0.717) is 24.4 Å². The highest BCUT2D eigenvalue weighted by Crippen LogP contribution is 2.22. The molecule has 1 saturated heterocycles. The van der Waals surface area contributed by atoms with Crippen molar-refractivity contribution < 1.29 is 27.5 Å². The maximum atomic E-state index is 12.9. The number of ether oxygens (including phenoxy) is 2. The van der Waals surface area contributed by atoms with Gasteiger partial charge < -0.3 is 9.47 Å². The number of hydrogen-bond donors (Lipinski definition) is 0. The average molecular weight is 432 g/mol. The summed E-state index contributed by atoms with van der Waals surface area (Å²) in [7, 11) is -2.23. The minimum Gasteiger partial charge on any atom is -0.496 e. The Labute approximate surface area is 176 Å². The zero-order chi connectivity index (χ0) is 21.6. The van der Waals surface area contributed by atoms with Crippen LogP contribution in [0.4, 0.5) is 0 Å². The van der Waals surface area contributed by atoms with Crippen molar-refractivity contribution in [3.05, 3.63) is 59.7 Å². The van der Waals surface area contributed by atoms with E-state index in [0.717, 1.165) is 25.7 Å². The number of methoxy groups -OCH3 is 1. The Morgan fingerprint density at radius 2 is 1.67 bits per heavy atom. The highest BCUT2D eigenvalue weighted by molar-refractivity contribution is 7.89. The fourth-order valence-corrected chi connectivity index (χ4v) is 4.95. The van der Waals surface area contributed by atoms with E-state index in [1.165, 1.54) is 35.7 Å². The summed E-state index contributed by atoms with van der Waals surface area (Å²) in [6, 6.07) is 12.4. The molecule has 2 aromatic carbocycles. The van der Waals surface area contributed by atoms with Crippen LogP contribution in [0.15, 0.2) is 53.4 Å². The Morgan fingerprint density at radius 1 is 0.967 bits per heavy atom. The number of ketones is 1. The molecule has 8 heteroatoms. The summed E-state index contributed by atoms with van der Waals surface area (Å²) in [5.41, 5.74) is 0.393. The van der Waals surface area contributed by atoms with Gasteiger partial charge in [0.05, 0.1) is 23.1 Å². The minimum absolute atomic E-state index is 0.0508. The first kappa shape index (κ1) is 22.0. The second-order valence-electron chi connectivity index (χ2n) is 7.05. The van der Waals surface area contributed by atoms with Crippen LogP contribution >= 0.6 is 0 Å². The predicted octanol–water partition coefficient (Wildman–Crippen LogP) is 3.30. The van der Waals surface area contributed by atoms with Crippen LogP contribution in [0.3, 0.4) is 0 Å². The van der Waals surface area contributed by atoms with Crippen molar-refractivity contribution >= 4 is 21.8 Å². The molecule has 2 aromatic rings. The molecule has 1 fully saturated rings. The van der Waals surface area contributed by atoms with Gasteiger partial charge >= 0.3 is 5.97 Å². The van der Waals surface area contributed by atoms with Gasteiger partial charge in [-0.25, -0.2) is 13.2 Å². The van der Waals surface area contributed by atoms with Crippen LogP contribution in [0.1, 0.15) is 46.4 Å². The van der Waals surface area contributed by atoms with Gasteiger partial charge in [0.15, 0.2) is 6.61 Å². The fraction of sp³-hybridized carbons (Fsp3) is 0.364. The third-order valence-corrected chi connectivity index (χ3v) is 6.91. The topological polar surface area (TPSA) is 90.0 Å². The van der Waals surface area contributed by atoms with E-state index < -0.39 is 28.4 Å². The second kappa shape index (κ2) is 9.86. The Hall–Kier alpha value is -2.71. The third-order valence-electron chi connectivity index (χ3n) is 5.01. The Balaban J connectivity index is 1.70. The molecule has 30 heavy (non-hydrogen) atoms. The van der Waals surface area contributed by atoms with Crippen molar-refractivity contribution in [1.29, 1.82) is 0 Å². The van der Waals surface area contributed by atoms with Crippen molar-refractivity contribution in [1.82, 2.24) is 4.31 Å². The van der Waals surface area contributed by atoms with Gasteiger partial charge in [-0.1, -0.05) is 31.0 Å². The maximum absolute atomic E-state index is 12.9. The second-order valence-corrected chi connectivity index (χ2v) is 8.98. The van der Waals surface area contributed by atoms with Gasteiger partial charge in [-0.3, -0.25) is 4.79 Å². The van der Waals surface area contributed by atoms with E-state index >= 15 is 0 Å². The van der Waals surface area contributed by atoms with Crippen LogP contribution < -0.4 is 4.74 Å². The van der Waals surface area contributed by atoms with Crippen LogP contribution in [0.5, 0.6) is 5.75 Å². The van der Waals surface area contributed by atoms with E-state index in [2.05, 4.69) is 0 Å². The lowest BCUT2D eigenvalue weighted by atomic mass is 10.1. The molecule has 1 heterocycles. The quantitative estimate of drug-likeness (QED) is 0.494. The lowest BCUT2D eigenvalue weighted by Gasteiger charge is -2.20. The largest absolute Gasteiger partial charge is 0.496 e. The van der Waals surface area contributed by atoms with Crippen molar-refractivity contribution in [2.75, 3.05) is 26.8 Å². The number of hydrogen-bond acceptors (Lipinski definition) is 6. The maximum Gasteiger partial charge on any atom is 0.338 e. The number of carbonyl (C=O) groups excluding carboxylic acids is 2. The highest BCUT2D eigenvalue weighted by atomic mass is 32.2. The Bertz CT molecular complexity index is 1010. The van der Waals surface area contributed by atoms with E-state index in [1.807, 2.05) is 0 Å². The summed E-state index contributed by atoms with van der Waals surface area (Å²) < 4.78 is 37.6. The van der Waals surface area contributed by atoms with Gasteiger partial charge in [0.1, 0.15) is 5.75 Å². The molecule has 0 aromatic heterocycles. The molecule has 0 unspecified atom stereocenters. The van der Waals surface area contributed by atoms with Gasteiger partial charge in [0.25, 0.3) is 0 Å². The molecule has 0 amide bonds. The summed E-state index contributed by atoms with van der Waals surface area (Å²) in [4.78, 5) is 24.8. The molecule has 0 N–H and O–H groups in total. The molecule has 0 saturated carbocycles. The van der Waals surface area contributed by atoms with Crippen LogP contribution in [-0.2, 0) is 14.8 Å². The van der Waals surface area contributed by atoms with E-state index in [9.17, 15) is 18.0 Å². The fourth-order valence-electron chi connectivity index (χ4n) is 3.38. The van der Waals surface area contributed by atoms with Crippen LogP contribution in [0, 0.1) is 0 Å².